The Morgan fingerprint density at radius 1 is 1.03 bits per heavy atom. The van der Waals surface area contributed by atoms with Gasteiger partial charge in [-0.2, -0.15) is 0 Å². The summed E-state index contributed by atoms with van der Waals surface area (Å²) >= 11 is 0. The van der Waals surface area contributed by atoms with Crippen LogP contribution in [0.25, 0.3) is 0 Å². The summed E-state index contributed by atoms with van der Waals surface area (Å²) in [6.07, 6.45) is 13.0. The summed E-state index contributed by atoms with van der Waals surface area (Å²) in [5, 5.41) is 0. The maximum atomic E-state index is 12.5. The molecule has 0 amide bonds. The van der Waals surface area contributed by atoms with Gasteiger partial charge in [-0.25, -0.2) is 0 Å². The van der Waals surface area contributed by atoms with Crippen molar-refractivity contribution in [1.29, 1.82) is 0 Å². The van der Waals surface area contributed by atoms with Crippen LogP contribution >= 0.6 is 0 Å². The predicted octanol–water partition coefficient (Wildman–Crippen LogP) is 7.42. The van der Waals surface area contributed by atoms with E-state index in [4.69, 9.17) is 18.6 Å². The Morgan fingerprint density at radius 2 is 1.83 bits per heavy atom. The third-order valence-electron chi connectivity index (χ3n) is 6.83. The van der Waals surface area contributed by atoms with E-state index in [2.05, 4.69) is 26.0 Å². The Balaban J connectivity index is 1.38. The first-order chi connectivity index (χ1) is 17.5. The lowest BCUT2D eigenvalue weighted by Crippen LogP contribution is -2.34. The zero-order chi connectivity index (χ0) is 25.6. The SMILES string of the molecule is C/C(=C\CCc1ccco1)CC/C=C(\C)CC1CC[C@@H](OCOCc2ccccc2)[C@@H](C)C(=O)OC1. The number of cyclic esters (lactones) is 1. The average Bonchev–Trinajstić information content (AvgIpc) is 3.39. The van der Waals surface area contributed by atoms with E-state index in [1.807, 2.05) is 49.4 Å². The van der Waals surface area contributed by atoms with Crippen molar-refractivity contribution in [2.75, 3.05) is 13.4 Å². The molecule has 0 spiro atoms. The summed E-state index contributed by atoms with van der Waals surface area (Å²) in [7, 11) is 0. The molecule has 1 aromatic heterocycles. The maximum Gasteiger partial charge on any atom is 0.311 e. The molecule has 3 rings (SSSR count). The van der Waals surface area contributed by atoms with Gasteiger partial charge < -0.3 is 18.6 Å². The molecule has 0 saturated carbocycles. The summed E-state index contributed by atoms with van der Waals surface area (Å²) in [5.41, 5.74) is 3.87. The van der Waals surface area contributed by atoms with Gasteiger partial charge in [0.05, 0.1) is 31.5 Å². The van der Waals surface area contributed by atoms with Crippen LogP contribution in [0.5, 0.6) is 0 Å². The summed E-state index contributed by atoms with van der Waals surface area (Å²) in [6.45, 7) is 7.43. The Bertz CT molecular complexity index is 945. The molecule has 0 aliphatic carbocycles. The van der Waals surface area contributed by atoms with Gasteiger partial charge in [-0.3, -0.25) is 4.79 Å². The molecule has 0 radical (unpaired) electrons. The lowest BCUT2D eigenvalue weighted by molar-refractivity contribution is -0.165. The molecule has 196 valence electrons. The summed E-state index contributed by atoms with van der Waals surface area (Å²) in [6, 6.07) is 14.0. The molecule has 3 atom stereocenters. The molecular weight excluding hydrogens is 452 g/mol. The van der Waals surface area contributed by atoms with Crippen molar-refractivity contribution in [3.63, 3.8) is 0 Å². The zero-order valence-electron chi connectivity index (χ0n) is 22.1. The van der Waals surface area contributed by atoms with Gasteiger partial charge in [0, 0.05) is 6.42 Å². The van der Waals surface area contributed by atoms with Crippen LogP contribution in [0, 0.1) is 11.8 Å². The van der Waals surface area contributed by atoms with Crippen LogP contribution in [0.1, 0.15) is 70.6 Å². The lowest BCUT2D eigenvalue weighted by Gasteiger charge is -2.29. The van der Waals surface area contributed by atoms with E-state index in [9.17, 15) is 4.79 Å². The first-order valence-electron chi connectivity index (χ1n) is 13.2. The highest BCUT2D eigenvalue weighted by Gasteiger charge is 2.30. The van der Waals surface area contributed by atoms with Gasteiger partial charge in [0.1, 0.15) is 12.6 Å². The third-order valence-corrected chi connectivity index (χ3v) is 6.83. The van der Waals surface area contributed by atoms with Crippen LogP contribution in [-0.4, -0.2) is 25.5 Å². The second-order valence-corrected chi connectivity index (χ2v) is 9.98. The van der Waals surface area contributed by atoms with E-state index in [1.165, 1.54) is 11.1 Å². The topological polar surface area (TPSA) is 57.9 Å². The Labute approximate surface area is 216 Å². The first kappa shape index (κ1) is 27.9. The summed E-state index contributed by atoms with van der Waals surface area (Å²) < 4.78 is 22.7. The molecule has 2 aromatic rings. The number of carbonyl (C=O) groups is 1. The smallest absolute Gasteiger partial charge is 0.311 e. The highest BCUT2D eigenvalue weighted by molar-refractivity contribution is 5.72. The quantitative estimate of drug-likeness (QED) is 0.125. The van der Waals surface area contributed by atoms with Gasteiger partial charge in [-0.15, -0.1) is 0 Å². The van der Waals surface area contributed by atoms with Gasteiger partial charge in [0.15, 0.2) is 0 Å². The fraction of sp³-hybridized carbons (Fsp3) is 0.516. The van der Waals surface area contributed by atoms with Crippen molar-refractivity contribution < 1.29 is 23.4 Å². The van der Waals surface area contributed by atoms with E-state index in [0.717, 1.165) is 56.3 Å². The zero-order valence-corrected chi connectivity index (χ0v) is 22.1. The minimum atomic E-state index is -0.287. The molecular formula is C31H42O5. The van der Waals surface area contributed by atoms with Crippen LogP contribution in [0.4, 0.5) is 0 Å². The predicted molar refractivity (Wildman–Crippen MR) is 142 cm³/mol. The number of ether oxygens (including phenoxy) is 3. The van der Waals surface area contributed by atoms with Crippen LogP contribution in [-0.2, 0) is 32.0 Å². The van der Waals surface area contributed by atoms with Crippen molar-refractivity contribution >= 4 is 5.97 Å². The Morgan fingerprint density at radius 3 is 2.61 bits per heavy atom. The number of benzene rings is 1. The molecule has 1 aliphatic rings. The number of rotatable bonds is 13. The standard InChI is InChI=1S/C31H42O5/c1-24(11-8-15-29-16-9-19-34-29)10-7-12-25(2)20-28-17-18-30(26(3)31(32)35-22-28)36-23-33-21-27-13-5-4-6-14-27/h4-6,9,11-14,16,19,26,28,30H,7-8,10,15,17-18,20-23H2,1-3H3/b24-11+,25-12+/t26-,28?,30-/m1/s1. The van der Waals surface area contributed by atoms with Gasteiger partial charge >= 0.3 is 5.97 Å². The molecule has 1 aromatic carbocycles. The second kappa shape index (κ2) is 15.5. The number of carbonyl (C=O) groups excluding carboxylic acids is 1. The largest absolute Gasteiger partial charge is 0.469 e. The van der Waals surface area contributed by atoms with E-state index >= 15 is 0 Å². The fourth-order valence-electron chi connectivity index (χ4n) is 4.58. The normalized spacial score (nSPS) is 21.6. The van der Waals surface area contributed by atoms with E-state index in [-0.39, 0.29) is 24.8 Å². The first-order valence-corrected chi connectivity index (χ1v) is 13.2. The van der Waals surface area contributed by atoms with Crippen LogP contribution in [0.3, 0.4) is 0 Å². The number of hydrogen-bond acceptors (Lipinski definition) is 5. The molecule has 36 heavy (non-hydrogen) atoms. The number of allylic oxidation sites excluding steroid dienone is 4. The van der Waals surface area contributed by atoms with Crippen LogP contribution < -0.4 is 0 Å². The van der Waals surface area contributed by atoms with E-state index in [0.29, 0.717) is 19.1 Å². The monoisotopic (exact) mass is 494 g/mol. The van der Waals surface area contributed by atoms with Gasteiger partial charge in [0.2, 0.25) is 0 Å². The van der Waals surface area contributed by atoms with E-state index in [1.54, 1.807) is 6.26 Å². The van der Waals surface area contributed by atoms with Crippen molar-refractivity contribution in [2.24, 2.45) is 11.8 Å². The minimum Gasteiger partial charge on any atom is -0.469 e. The lowest BCUT2D eigenvalue weighted by atomic mass is 9.89. The third kappa shape index (κ3) is 10.2. The molecule has 0 bridgehead atoms. The van der Waals surface area contributed by atoms with Crippen molar-refractivity contribution in [3.05, 3.63) is 83.3 Å². The van der Waals surface area contributed by atoms with Crippen molar-refractivity contribution in [3.8, 4) is 0 Å². The summed E-state index contributed by atoms with van der Waals surface area (Å²) in [4.78, 5) is 12.5. The Hall–Kier alpha value is -2.63. The molecule has 0 N–H and O–H groups in total. The van der Waals surface area contributed by atoms with Crippen molar-refractivity contribution in [1.82, 2.24) is 0 Å². The van der Waals surface area contributed by atoms with Gasteiger partial charge in [-0.05, 0) is 82.9 Å². The van der Waals surface area contributed by atoms with E-state index < -0.39 is 0 Å². The Kier molecular flexibility index (Phi) is 12.0. The van der Waals surface area contributed by atoms with Crippen LogP contribution in [0.15, 0.2) is 76.4 Å². The number of esters is 1. The molecule has 2 heterocycles. The average molecular weight is 495 g/mol. The highest BCUT2D eigenvalue weighted by Crippen LogP contribution is 2.26. The van der Waals surface area contributed by atoms with Gasteiger partial charge in [-0.1, -0.05) is 53.6 Å². The van der Waals surface area contributed by atoms with Crippen LogP contribution in [0.2, 0.25) is 0 Å². The molecule has 1 unspecified atom stereocenters. The molecule has 1 aliphatic heterocycles. The van der Waals surface area contributed by atoms with Crippen molar-refractivity contribution in [2.45, 2.75) is 78.4 Å². The number of hydrogen-bond donors (Lipinski definition) is 0. The number of aryl methyl sites for hydroxylation is 1. The number of furan rings is 1. The summed E-state index contributed by atoms with van der Waals surface area (Å²) in [5.74, 6) is 0.894. The molecule has 1 saturated heterocycles. The highest BCUT2D eigenvalue weighted by atomic mass is 16.7. The second-order valence-electron chi connectivity index (χ2n) is 9.98. The molecule has 1 fully saturated rings. The fourth-order valence-corrected chi connectivity index (χ4v) is 4.58. The molecule has 5 nitrogen and oxygen atoms in total. The molecule has 5 heteroatoms. The van der Waals surface area contributed by atoms with Gasteiger partial charge in [0.25, 0.3) is 0 Å². The maximum absolute atomic E-state index is 12.5. The minimum absolute atomic E-state index is 0.176.